The Morgan fingerprint density at radius 3 is 2.50 bits per heavy atom. The molecule has 0 aromatic heterocycles. The molecule has 0 bridgehead atoms. The molecule has 1 atom stereocenters. The van der Waals surface area contributed by atoms with Crippen LogP contribution in [0.5, 0.6) is 0 Å². The first kappa shape index (κ1) is 17.2. The molecule has 0 spiro atoms. The van der Waals surface area contributed by atoms with E-state index in [1.54, 1.807) is 17.0 Å². The van der Waals surface area contributed by atoms with Crippen LogP contribution in [0.3, 0.4) is 0 Å². The van der Waals surface area contributed by atoms with Crippen molar-refractivity contribution in [2.24, 2.45) is 5.92 Å². The molecule has 2 aliphatic rings. The summed E-state index contributed by atoms with van der Waals surface area (Å²) in [7, 11) is -3.10. The highest BCUT2D eigenvalue weighted by Crippen LogP contribution is 2.22. The Bertz CT molecular complexity index is 748. The lowest BCUT2D eigenvalue weighted by Crippen LogP contribution is -2.53. The van der Waals surface area contributed by atoms with Crippen LogP contribution in [0.2, 0.25) is 5.02 Å². The normalized spacial score (nSPS) is 23.5. The van der Waals surface area contributed by atoms with E-state index in [-0.39, 0.29) is 29.9 Å². The fraction of sp³-hybridized carbons (Fsp3) is 0.500. The van der Waals surface area contributed by atoms with Gasteiger partial charge in [-0.1, -0.05) is 23.7 Å². The first-order valence-electron chi connectivity index (χ1n) is 7.85. The van der Waals surface area contributed by atoms with Gasteiger partial charge >= 0.3 is 0 Å². The third-order valence-electron chi connectivity index (χ3n) is 4.50. The van der Waals surface area contributed by atoms with Gasteiger partial charge in [0.05, 0.1) is 24.0 Å². The quantitative estimate of drug-likeness (QED) is 0.793. The molecule has 2 heterocycles. The molecular formula is C16H19ClN2O4S. The monoisotopic (exact) mass is 370 g/mol. The van der Waals surface area contributed by atoms with E-state index in [9.17, 15) is 18.0 Å². The number of carbonyl (C=O) groups is 2. The number of halogens is 1. The number of hydrogen-bond acceptors (Lipinski definition) is 4. The summed E-state index contributed by atoms with van der Waals surface area (Å²) in [5.41, 5.74) is 0.981. The fourth-order valence-electron chi connectivity index (χ4n) is 3.12. The predicted octanol–water partition coefficient (Wildman–Crippen LogP) is 0.946. The van der Waals surface area contributed by atoms with Crippen molar-refractivity contribution in [3.63, 3.8) is 0 Å². The van der Waals surface area contributed by atoms with Gasteiger partial charge in [-0.05, 0) is 24.1 Å². The van der Waals surface area contributed by atoms with Crippen LogP contribution in [0.1, 0.15) is 12.0 Å². The standard InChI is InChI=1S/C16H19ClN2O4S/c17-14-3-1-12(2-4-14)9-18-6-7-19(10-15(18)20)16(21)13-5-8-24(22,23)11-13/h1-4,13H,5-11H2/t13-/m0/s1. The summed E-state index contributed by atoms with van der Waals surface area (Å²) >= 11 is 5.85. The van der Waals surface area contributed by atoms with Gasteiger partial charge in [-0.25, -0.2) is 8.42 Å². The lowest BCUT2D eigenvalue weighted by molar-refractivity contribution is -0.147. The van der Waals surface area contributed by atoms with Crippen LogP contribution in [0.25, 0.3) is 0 Å². The number of sulfone groups is 1. The third kappa shape index (κ3) is 3.89. The zero-order valence-corrected chi connectivity index (χ0v) is 14.7. The summed E-state index contributed by atoms with van der Waals surface area (Å²) in [5, 5.41) is 0.645. The Morgan fingerprint density at radius 1 is 1.21 bits per heavy atom. The zero-order valence-electron chi connectivity index (χ0n) is 13.2. The average molecular weight is 371 g/mol. The van der Waals surface area contributed by atoms with Gasteiger partial charge in [-0.15, -0.1) is 0 Å². The second-order valence-electron chi connectivity index (χ2n) is 6.30. The lowest BCUT2D eigenvalue weighted by atomic mass is 10.1. The number of piperazine rings is 1. The van der Waals surface area contributed by atoms with E-state index in [0.717, 1.165) is 5.56 Å². The van der Waals surface area contributed by atoms with Crippen molar-refractivity contribution >= 4 is 33.3 Å². The molecule has 6 nitrogen and oxygen atoms in total. The summed E-state index contributed by atoms with van der Waals surface area (Å²) in [6, 6.07) is 7.30. The Kier molecular flexibility index (Phi) is 4.83. The van der Waals surface area contributed by atoms with Crippen LogP contribution in [0.15, 0.2) is 24.3 Å². The van der Waals surface area contributed by atoms with E-state index in [1.807, 2.05) is 12.1 Å². The van der Waals surface area contributed by atoms with E-state index in [2.05, 4.69) is 0 Å². The molecule has 8 heteroatoms. The molecule has 3 rings (SSSR count). The molecule has 1 aromatic carbocycles. The van der Waals surface area contributed by atoms with Crippen LogP contribution in [0, 0.1) is 5.92 Å². The van der Waals surface area contributed by atoms with Gasteiger partial charge in [0.15, 0.2) is 9.84 Å². The summed E-state index contributed by atoms with van der Waals surface area (Å²) in [5.74, 6) is -0.856. The average Bonchev–Trinajstić information content (AvgIpc) is 2.91. The summed E-state index contributed by atoms with van der Waals surface area (Å²) < 4.78 is 23.0. The molecule has 24 heavy (non-hydrogen) atoms. The van der Waals surface area contributed by atoms with Gasteiger partial charge in [0, 0.05) is 24.7 Å². The van der Waals surface area contributed by atoms with E-state index < -0.39 is 15.8 Å². The number of rotatable bonds is 3. The topological polar surface area (TPSA) is 74.8 Å². The molecule has 2 amide bonds. The Balaban J connectivity index is 1.58. The molecule has 2 aliphatic heterocycles. The molecular weight excluding hydrogens is 352 g/mol. The molecule has 1 aromatic rings. The first-order chi connectivity index (χ1) is 11.3. The third-order valence-corrected chi connectivity index (χ3v) is 6.52. The van der Waals surface area contributed by atoms with E-state index in [0.29, 0.717) is 31.1 Å². The fourth-order valence-corrected chi connectivity index (χ4v) is 4.98. The maximum atomic E-state index is 12.4. The number of amides is 2. The van der Waals surface area contributed by atoms with Gasteiger partial charge in [-0.3, -0.25) is 9.59 Å². The van der Waals surface area contributed by atoms with Crippen molar-refractivity contribution in [2.75, 3.05) is 31.1 Å². The smallest absolute Gasteiger partial charge is 0.242 e. The minimum atomic E-state index is -3.10. The SMILES string of the molecule is O=C1CN(C(=O)[C@H]2CCS(=O)(=O)C2)CCN1Cc1ccc(Cl)cc1. The molecule has 2 fully saturated rings. The van der Waals surface area contributed by atoms with Crippen molar-refractivity contribution in [1.82, 2.24) is 9.80 Å². The summed E-state index contributed by atoms with van der Waals surface area (Å²) in [6.07, 6.45) is 0.361. The number of hydrogen-bond donors (Lipinski definition) is 0. The largest absolute Gasteiger partial charge is 0.335 e. The van der Waals surface area contributed by atoms with Crippen molar-refractivity contribution in [1.29, 1.82) is 0 Å². The highest BCUT2D eigenvalue weighted by atomic mass is 35.5. The highest BCUT2D eigenvalue weighted by Gasteiger charge is 2.37. The van der Waals surface area contributed by atoms with Crippen LogP contribution in [0.4, 0.5) is 0 Å². The predicted molar refractivity (Wildman–Crippen MR) is 90.2 cm³/mol. The van der Waals surface area contributed by atoms with Crippen LogP contribution in [-0.2, 0) is 26.0 Å². The van der Waals surface area contributed by atoms with Gasteiger partial charge < -0.3 is 9.80 Å². The van der Waals surface area contributed by atoms with E-state index in [4.69, 9.17) is 11.6 Å². The van der Waals surface area contributed by atoms with Crippen LogP contribution < -0.4 is 0 Å². The van der Waals surface area contributed by atoms with Gasteiger partial charge in [0.1, 0.15) is 0 Å². The summed E-state index contributed by atoms with van der Waals surface area (Å²) in [4.78, 5) is 27.9. The Morgan fingerprint density at radius 2 is 1.92 bits per heavy atom. The summed E-state index contributed by atoms with van der Waals surface area (Å²) in [6.45, 7) is 1.39. The zero-order chi connectivity index (χ0) is 17.3. The van der Waals surface area contributed by atoms with Gasteiger partial charge in [0.25, 0.3) is 0 Å². The molecule has 0 saturated carbocycles. The van der Waals surface area contributed by atoms with E-state index >= 15 is 0 Å². The van der Waals surface area contributed by atoms with Crippen molar-refractivity contribution in [3.8, 4) is 0 Å². The van der Waals surface area contributed by atoms with Crippen LogP contribution in [-0.4, -0.2) is 61.2 Å². The first-order valence-corrected chi connectivity index (χ1v) is 10.1. The highest BCUT2D eigenvalue weighted by molar-refractivity contribution is 7.91. The molecule has 0 radical (unpaired) electrons. The van der Waals surface area contributed by atoms with Crippen molar-refractivity contribution in [3.05, 3.63) is 34.9 Å². The molecule has 0 N–H and O–H groups in total. The maximum absolute atomic E-state index is 12.4. The molecule has 0 aliphatic carbocycles. The van der Waals surface area contributed by atoms with Crippen molar-refractivity contribution in [2.45, 2.75) is 13.0 Å². The second kappa shape index (κ2) is 6.72. The van der Waals surface area contributed by atoms with Gasteiger partial charge in [0.2, 0.25) is 11.8 Å². The van der Waals surface area contributed by atoms with Gasteiger partial charge in [-0.2, -0.15) is 0 Å². The molecule has 130 valence electrons. The second-order valence-corrected chi connectivity index (χ2v) is 8.97. The van der Waals surface area contributed by atoms with Crippen LogP contribution >= 0.6 is 11.6 Å². The lowest BCUT2D eigenvalue weighted by Gasteiger charge is -2.35. The molecule has 2 saturated heterocycles. The van der Waals surface area contributed by atoms with Crippen molar-refractivity contribution < 1.29 is 18.0 Å². The Labute approximate surface area is 146 Å². The minimum Gasteiger partial charge on any atom is -0.335 e. The number of nitrogens with zero attached hydrogens (tertiary/aromatic N) is 2. The maximum Gasteiger partial charge on any atom is 0.242 e. The minimum absolute atomic E-state index is 0.0168. The number of carbonyl (C=O) groups excluding carboxylic acids is 2. The van der Waals surface area contributed by atoms with E-state index in [1.165, 1.54) is 4.90 Å². The molecule has 0 unspecified atom stereocenters. The Hall–Kier alpha value is -1.60. The number of benzene rings is 1.